The van der Waals surface area contributed by atoms with Crippen LogP contribution in [-0.4, -0.2) is 18.9 Å². The second-order valence-corrected chi connectivity index (χ2v) is 6.97. The Bertz CT molecular complexity index is 1260. The topological polar surface area (TPSA) is 46.6 Å². The lowest BCUT2D eigenvalue weighted by molar-refractivity contribution is 0.0926. The highest BCUT2D eigenvalue weighted by atomic mass is 16.5. The van der Waals surface area contributed by atoms with Gasteiger partial charge in [0, 0.05) is 0 Å². The van der Waals surface area contributed by atoms with E-state index in [2.05, 4.69) is 6.07 Å². The Hall–Kier alpha value is -3.92. The van der Waals surface area contributed by atoms with Crippen molar-refractivity contribution >= 4 is 28.3 Å². The number of fused-ring (bicyclic) bond motifs is 2. The molecule has 0 bridgehead atoms. The Kier molecular flexibility index (Phi) is 3.91. The van der Waals surface area contributed by atoms with Crippen molar-refractivity contribution in [3.8, 4) is 16.9 Å². The van der Waals surface area contributed by atoms with E-state index < -0.39 is 0 Å². The second-order valence-electron chi connectivity index (χ2n) is 6.97. The molecule has 2 amide bonds. The fourth-order valence-electron chi connectivity index (χ4n) is 3.78. The summed E-state index contributed by atoms with van der Waals surface area (Å²) in [5.41, 5.74) is 3.42. The minimum absolute atomic E-state index is 0.284. The number of imide groups is 1. The number of hydrogen-bond donors (Lipinski definition) is 0. The summed E-state index contributed by atoms with van der Waals surface area (Å²) >= 11 is 0. The third-order valence-corrected chi connectivity index (χ3v) is 5.28. The summed E-state index contributed by atoms with van der Waals surface area (Å²) in [6.45, 7) is 0. The van der Waals surface area contributed by atoms with Crippen molar-refractivity contribution in [2.45, 2.75) is 0 Å². The summed E-state index contributed by atoms with van der Waals surface area (Å²) in [4.78, 5) is 26.8. The fourth-order valence-corrected chi connectivity index (χ4v) is 3.78. The number of benzene rings is 4. The maximum absolute atomic E-state index is 12.8. The molecule has 0 aromatic heterocycles. The number of carbonyl (C=O) groups excluding carboxylic acids is 2. The van der Waals surface area contributed by atoms with Crippen molar-refractivity contribution < 1.29 is 14.3 Å². The van der Waals surface area contributed by atoms with E-state index >= 15 is 0 Å². The molecule has 0 saturated heterocycles. The Morgan fingerprint density at radius 1 is 0.655 bits per heavy atom. The molecule has 1 aliphatic heterocycles. The number of nitrogens with zero attached hydrogens (tertiary/aromatic N) is 1. The monoisotopic (exact) mass is 379 g/mol. The molecule has 1 heterocycles. The van der Waals surface area contributed by atoms with Gasteiger partial charge in [0.05, 0.1) is 23.9 Å². The van der Waals surface area contributed by atoms with Gasteiger partial charge in [0.2, 0.25) is 0 Å². The highest BCUT2D eigenvalue weighted by Crippen LogP contribution is 2.32. The minimum atomic E-state index is -0.284. The Morgan fingerprint density at radius 3 is 2.03 bits per heavy atom. The predicted molar refractivity (Wildman–Crippen MR) is 114 cm³/mol. The van der Waals surface area contributed by atoms with Crippen molar-refractivity contribution in [2.24, 2.45) is 0 Å². The third kappa shape index (κ3) is 2.77. The first-order valence-corrected chi connectivity index (χ1v) is 9.32. The van der Waals surface area contributed by atoms with E-state index in [4.69, 9.17) is 4.74 Å². The predicted octanol–water partition coefficient (Wildman–Crippen LogP) is 5.32. The van der Waals surface area contributed by atoms with Gasteiger partial charge in [-0.1, -0.05) is 42.5 Å². The van der Waals surface area contributed by atoms with E-state index in [0.29, 0.717) is 16.8 Å². The van der Waals surface area contributed by atoms with Crippen LogP contribution in [0, 0.1) is 0 Å². The lowest BCUT2D eigenvalue weighted by Crippen LogP contribution is -2.29. The molecule has 140 valence electrons. The number of anilines is 1. The van der Waals surface area contributed by atoms with Crippen LogP contribution in [0.1, 0.15) is 20.7 Å². The summed E-state index contributed by atoms with van der Waals surface area (Å²) in [7, 11) is 1.65. The highest BCUT2D eigenvalue weighted by Gasteiger charge is 2.36. The van der Waals surface area contributed by atoms with Crippen LogP contribution in [0.15, 0.2) is 84.9 Å². The third-order valence-electron chi connectivity index (χ3n) is 5.28. The van der Waals surface area contributed by atoms with Crippen molar-refractivity contribution in [2.75, 3.05) is 12.0 Å². The molecule has 4 aromatic rings. The Morgan fingerprint density at radius 2 is 1.31 bits per heavy atom. The molecule has 5 rings (SSSR count). The van der Waals surface area contributed by atoms with Crippen LogP contribution in [0.2, 0.25) is 0 Å². The van der Waals surface area contributed by atoms with Gasteiger partial charge in [-0.25, -0.2) is 4.90 Å². The molecular formula is C25H17NO3. The first kappa shape index (κ1) is 17.2. The largest absolute Gasteiger partial charge is 0.497 e. The number of hydrogen-bond acceptors (Lipinski definition) is 3. The number of rotatable bonds is 3. The zero-order valence-corrected chi connectivity index (χ0v) is 15.8. The van der Waals surface area contributed by atoms with E-state index in [0.717, 1.165) is 27.6 Å². The van der Waals surface area contributed by atoms with Crippen LogP contribution >= 0.6 is 0 Å². The number of ether oxygens (including phenoxy) is 1. The molecule has 0 spiro atoms. The maximum atomic E-state index is 12.8. The van der Waals surface area contributed by atoms with Crippen LogP contribution in [0.5, 0.6) is 5.75 Å². The zero-order chi connectivity index (χ0) is 20.0. The lowest BCUT2D eigenvalue weighted by Gasteiger charge is -2.15. The van der Waals surface area contributed by atoms with E-state index in [1.165, 1.54) is 4.90 Å². The summed E-state index contributed by atoms with van der Waals surface area (Å²) in [5.74, 6) is 0.250. The van der Waals surface area contributed by atoms with Crippen LogP contribution < -0.4 is 9.64 Å². The number of carbonyl (C=O) groups is 2. The van der Waals surface area contributed by atoms with Crippen molar-refractivity contribution in [3.05, 3.63) is 96.1 Å². The summed E-state index contributed by atoms with van der Waals surface area (Å²) in [5, 5.41) is 2.18. The van der Waals surface area contributed by atoms with E-state index in [1.54, 1.807) is 37.4 Å². The fraction of sp³-hybridized carbons (Fsp3) is 0.0400. The van der Waals surface area contributed by atoms with E-state index in [-0.39, 0.29) is 11.8 Å². The van der Waals surface area contributed by atoms with Crippen LogP contribution in [0.25, 0.3) is 21.9 Å². The molecule has 4 heteroatoms. The van der Waals surface area contributed by atoms with Gasteiger partial charge in [-0.05, 0) is 64.4 Å². The molecule has 4 nitrogen and oxygen atoms in total. The minimum Gasteiger partial charge on any atom is -0.497 e. The molecular weight excluding hydrogens is 362 g/mol. The van der Waals surface area contributed by atoms with Crippen molar-refractivity contribution in [3.63, 3.8) is 0 Å². The first-order chi connectivity index (χ1) is 14.2. The molecule has 0 fully saturated rings. The zero-order valence-electron chi connectivity index (χ0n) is 15.8. The number of methoxy groups -OCH3 is 1. The Balaban J connectivity index is 1.55. The van der Waals surface area contributed by atoms with Gasteiger partial charge in [-0.3, -0.25) is 9.59 Å². The highest BCUT2D eigenvalue weighted by molar-refractivity contribution is 6.34. The van der Waals surface area contributed by atoms with E-state index in [9.17, 15) is 9.59 Å². The quantitative estimate of drug-likeness (QED) is 0.453. The van der Waals surface area contributed by atoms with Gasteiger partial charge in [-0.15, -0.1) is 0 Å². The van der Waals surface area contributed by atoms with Gasteiger partial charge in [0.25, 0.3) is 11.8 Å². The van der Waals surface area contributed by atoms with Gasteiger partial charge < -0.3 is 4.74 Å². The second kappa shape index (κ2) is 6.60. The normalized spacial score (nSPS) is 13.1. The molecule has 1 aliphatic rings. The molecule has 0 atom stereocenters. The van der Waals surface area contributed by atoms with Gasteiger partial charge >= 0.3 is 0 Å². The summed E-state index contributed by atoms with van der Waals surface area (Å²) < 4.78 is 5.29. The van der Waals surface area contributed by atoms with E-state index in [1.807, 2.05) is 48.5 Å². The Labute approximate surface area is 168 Å². The average Bonchev–Trinajstić information content (AvgIpc) is 3.03. The van der Waals surface area contributed by atoms with Crippen molar-refractivity contribution in [1.82, 2.24) is 0 Å². The van der Waals surface area contributed by atoms with Gasteiger partial charge in [0.15, 0.2) is 0 Å². The van der Waals surface area contributed by atoms with Crippen molar-refractivity contribution in [1.29, 1.82) is 0 Å². The first-order valence-electron chi connectivity index (χ1n) is 9.32. The van der Waals surface area contributed by atoms with Gasteiger partial charge in [-0.2, -0.15) is 0 Å². The van der Waals surface area contributed by atoms with Crippen LogP contribution in [-0.2, 0) is 0 Å². The molecule has 0 radical (unpaired) electrons. The molecule has 0 unspecified atom stereocenters. The average molecular weight is 379 g/mol. The molecule has 29 heavy (non-hydrogen) atoms. The SMILES string of the molecule is COc1ccc2cc(-c3cccc(N4C(=O)c5ccccc5C4=O)c3)ccc2c1. The molecule has 0 aliphatic carbocycles. The smallest absolute Gasteiger partial charge is 0.266 e. The maximum Gasteiger partial charge on any atom is 0.266 e. The van der Waals surface area contributed by atoms with Crippen LogP contribution in [0.3, 0.4) is 0 Å². The summed E-state index contributed by atoms with van der Waals surface area (Å²) in [6, 6.07) is 26.6. The van der Waals surface area contributed by atoms with Crippen LogP contribution in [0.4, 0.5) is 5.69 Å². The van der Waals surface area contributed by atoms with Gasteiger partial charge in [0.1, 0.15) is 5.75 Å². The summed E-state index contributed by atoms with van der Waals surface area (Å²) in [6.07, 6.45) is 0. The standard InChI is InChI=1S/C25H17NO3/c1-29-21-12-11-18-13-17(9-10-19(18)15-21)16-5-4-6-20(14-16)26-24(27)22-7-2-3-8-23(22)25(26)28/h2-15H,1H3. The molecule has 0 saturated carbocycles. The molecule has 0 N–H and O–H groups in total. The lowest BCUT2D eigenvalue weighted by atomic mass is 10.0. The molecule has 4 aromatic carbocycles. The number of amides is 2.